The zero-order valence-corrected chi connectivity index (χ0v) is 14.5. The largest absolute Gasteiger partial charge is 0.321 e. The van der Waals surface area contributed by atoms with Crippen LogP contribution in [0.5, 0.6) is 0 Å². The van der Waals surface area contributed by atoms with Crippen molar-refractivity contribution in [2.75, 3.05) is 5.32 Å². The lowest BCUT2D eigenvalue weighted by Crippen LogP contribution is -2.04. The third kappa shape index (κ3) is 2.58. The van der Waals surface area contributed by atoms with Gasteiger partial charge >= 0.3 is 0 Å². The predicted molar refractivity (Wildman–Crippen MR) is 103 cm³/mol. The fourth-order valence-electron chi connectivity index (χ4n) is 3.41. The van der Waals surface area contributed by atoms with Crippen molar-refractivity contribution >= 4 is 28.9 Å². The summed E-state index contributed by atoms with van der Waals surface area (Å²) in [5, 5.41) is 2.75. The smallest absolute Gasteiger partial charge is 0.256 e. The topological polar surface area (TPSA) is 46.4 Å². The quantitative estimate of drug-likeness (QED) is 0.515. The number of nitrogens with one attached hydrogen (secondary N) is 1. The molecule has 0 spiro atoms. The number of amides is 1. The summed E-state index contributed by atoms with van der Waals surface area (Å²) < 4.78 is 29.0. The summed E-state index contributed by atoms with van der Waals surface area (Å²) in [7, 11) is 0. The summed E-state index contributed by atoms with van der Waals surface area (Å²) in [4.78, 5) is 17.2. The van der Waals surface area contributed by atoms with Crippen molar-refractivity contribution < 1.29 is 13.6 Å². The average Bonchev–Trinajstić information content (AvgIpc) is 3.21. The van der Waals surface area contributed by atoms with Crippen LogP contribution in [0.25, 0.3) is 28.6 Å². The summed E-state index contributed by atoms with van der Waals surface area (Å²) >= 11 is 0. The molecule has 3 heterocycles. The van der Waals surface area contributed by atoms with Crippen LogP contribution in [-0.4, -0.2) is 15.3 Å². The number of nitrogens with zero attached hydrogens (tertiary/aromatic N) is 2. The van der Waals surface area contributed by atoms with Crippen molar-refractivity contribution in [3.05, 3.63) is 89.8 Å². The zero-order valence-electron chi connectivity index (χ0n) is 14.5. The SMILES string of the molecule is O=C1Nc2ccc(F)cc2/C1=C\c1c(-c2ccc(F)cc2)nc2ccccn12. The Labute approximate surface area is 158 Å². The Morgan fingerprint density at radius 1 is 0.964 bits per heavy atom. The molecule has 4 aromatic rings. The minimum absolute atomic E-state index is 0.309. The van der Waals surface area contributed by atoms with E-state index in [-0.39, 0.29) is 11.7 Å². The molecule has 2 aromatic carbocycles. The highest BCUT2D eigenvalue weighted by atomic mass is 19.1. The van der Waals surface area contributed by atoms with E-state index in [1.165, 1.54) is 24.3 Å². The van der Waals surface area contributed by atoms with Gasteiger partial charge in [-0.3, -0.25) is 9.20 Å². The van der Waals surface area contributed by atoms with E-state index in [0.717, 1.165) is 5.56 Å². The first kappa shape index (κ1) is 16.4. The minimum Gasteiger partial charge on any atom is -0.321 e. The van der Waals surface area contributed by atoms with E-state index in [0.29, 0.717) is 33.9 Å². The number of rotatable bonds is 2. The van der Waals surface area contributed by atoms with E-state index in [4.69, 9.17) is 0 Å². The van der Waals surface area contributed by atoms with E-state index < -0.39 is 5.82 Å². The Morgan fingerprint density at radius 3 is 2.57 bits per heavy atom. The standard InChI is InChI=1S/C22H13F2N3O/c23-14-6-4-13(5-7-14)21-19(27-10-2-1-3-20(27)26-21)12-17-16-11-15(24)8-9-18(16)25-22(17)28/h1-12H,(H,25,28)/b17-12+. The van der Waals surface area contributed by atoms with E-state index >= 15 is 0 Å². The average molecular weight is 373 g/mol. The van der Waals surface area contributed by atoms with Crippen LogP contribution in [0.15, 0.2) is 66.9 Å². The zero-order chi connectivity index (χ0) is 19.3. The maximum atomic E-state index is 13.8. The molecule has 6 heteroatoms. The van der Waals surface area contributed by atoms with Gasteiger partial charge in [-0.2, -0.15) is 0 Å². The van der Waals surface area contributed by atoms with Crippen molar-refractivity contribution in [3.8, 4) is 11.3 Å². The molecule has 0 fully saturated rings. The van der Waals surface area contributed by atoms with Crippen molar-refractivity contribution in [2.45, 2.75) is 0 Å². The Morgan fingerprint density at radius 2 is 1.75 bits per heavy atom. The van der Waals surface area contributed by atoms with Gasteiger partial charge in [0.05, 0.1) is 17.0 Å². The maximum Gasteiger partial charge on any atom is 0.256 e. The van der Waals surface area contributed by atoms with Crippen molar-refractivity contribution in [2.24, 2.45) is 0 Å². The molecule has 0 saturated carbocycles. The van der Waals surface area contributed by atoms with E-state index in [9.17, 15) is 13.6 Å². The normalized spacial score (nSPS) is 14.5. The Kier molecular flexibility index (Phi) is 3.58. The van der Waals surface area contributed by atoms with Crippen LogP contribution in [0.3, 0.4) is 0 Å². The van der Waals surface area contributed by atoms with Gasteiger partial charge < -0.3 is 5.32 Å². The highest BCUT2D eigenvalue weighted by molar-refractivity contribution is 6.35. The Bertz CT molecular complexity index is 1270. The third-order valence-electron chi connectivity index (χ3n) is 4.73. The predicted octanol–water partition coefficient (Wildman–Crippen LogP) is 4.77. The molecule has 4 nitrogen and oxygen atoms in total. The molecule has 28 heavy (non-hydrogen) atoms. The molecule has 0 saturated heterocycles. The molecule has 1 aliphatic heterocycles. The lowest BCUT2D eigenvalue weighted by atomic mass is 10.0. The van der Waals surface area contributed by atoms with Gasteiger partial charge in [-0.05, 0) is 60.7 Å². The van der Waals surface area contributed by atoms with Crippen LogP contribution in [-0.2, 0) is 4.79 Å². The summed E-state index contributed by atoms with van der Waals surface area (Å²) in [6, 6.07) is 15.7. The molecule has 1 aliphatic rings. The fraction of sp³-hybridized carbons (Fsp3) is 0. The van der Waals surface area contributed by atoms with Crippen LogP contribution in [0, 0.1) is 11.6 Å². The number of imidazole rings is 1. The number of pyridine rings is 1. The Balaban J connectivity index is 1.77. The van der Waals surface area contributed by atoms with Crippen LogP contribution in [0.4, 0.5) is 14.5 Å². The summed E-state index contributed by atoms with van der Waals surface area (Å²) in [6.45, 7) is 0. The first-order valence-electron chi connectivity index (χ1n) is 8.66. The molecular formula is C22H13F2N3O. The lowest BCUT2D eigenvalue weighted by Gasteiger charge is -2.03. The molecule has 0 radical (unpaired) electrons. The summed E-state index contributed by atoms with van der Waals surface area (Å²) in [6.07, 6.45) is 3.53. The number of fused-ring (bicyclic) bond motifs is 2. The van der Waals surface area contributed by atoms with Crippen molar-refractivity contribution in [3.63, 3.8) is 0 Å². The van der Waals surface area contributed by atoms with Gasteiger partial charge in [-0.25, -0.2) is 13.8 Å². The molecule has 1 N–H and O–H groups in total. The molecule has 2 aromatic heterocycles. The second-order valence-electron chi connectivity index (χ2n) is 6.48. The molecule has 136 valence electrons. The lowest BCUT2D eigenvalue weighted by molar-refractivity contribution is -0.110. The van der Waals surface area contributed by atoms with Gasteiger partial charge in [0.2, 0.25) is 0 Å². The van der Waals surface area contributed by atoms with Crippen molar-refractivity contribution in [1.29, 1.82) is 0 Å². The van der Waals surface area contributed by atoms with Crippen LogP contribution in [0.1, 0.15) is 11.3 Å². The highest BCUT2D eigenvalue weighted by Gasteiger charge is 2.26. The summed E-state index contributed by atoms with van der Waals surface area (Å²) in [5.74, 6) is -1.07. The molecule has 5 rings (SSSR count). The first-order chi connectivity index (χ1) is 13.6. The monoisotopic (exact) mass is 373 g/mol. The third-order valence-corrected chi connectivity index (χ3v) is 4.73. The number of anilines is 1. The molecule has 1 amide bonds. The number of carbonyl (C=O) groups is 1. The summed E-state index contributed by atoms with van der Waals surface area (Å²) in [5.41, 5.74) is 4.08. The minimum atomic E-state index is -0.418. The van der Waals surface area contributed by atoms with Gasteiger partial charge in [0.15, 0.2) is 0 Å². The van der Waals surface area contributed by atoms with Crippen LogP contribution < -0.4 is 5.32 Å². The van der Waals surface area contributed by atoms with Gasteiger partial charge in [0.1, 0.15) is 17.3 Å². The number of halogens is 2. The number of hydrogen-bond acceptors (Lipinski definition) is 2. The van der Waals surface area contributed by atoms with Gasteiger partial charge in [-0.15, -0.1) is 0 Å². The fourth-order valence-corrected chi connectivity index (χ4v) is 3.41. The molecule has 0 atom stereocenters. The number of aromatic nitrogens is 2. The Hall–Kier alpha value is -3.80. The molecule has 0 unspecified atom stereocenters. The highest BCUT2D eigenvalue weighted by Crippen LogP contribution is 2.35. The second-order valence-corrected chi connectivity index (χ2v) is 6.48. The number of carbonyl (C=O) groups excluding carboxylic acids is 1. The van der Waals surface area contributed by atoms with E-state index in [1.54, 1.807) is 24.3 Å². The molecule has 0 bridgehead atoms. The maximum absolute atomic E-state index is 13.8. The molecule has 0 aliphatic carbocycles. The van der Waals surface area contributed by atoms with Crippen LogP contribution >= 0.6 is 0 Å². The first-order valence-corrected chi connectivity index (χ1v) is 8.66. The van der Waals surface area contributed by atoms with Gasteiger partial charge in [0.25, 0.3) is 5.91 Å². The van der Waals surface area contributed by atoms with E-state index in [2.05, 4.69) is 10.3 Å². The van der Waals surface area contributed by atoms with Crippen molar-refractivity contribution in [1.82, 2.24) is 9.38 Å². The van der Waals surface area contributed by atoms with Crippen LogP contribution in [0.2, 0.25) is 0 Å². The number of hydrogen-bond donors (Lipinski definition) is 1. The van der Waals surface area contributed by atoms with E-state index in [1.807, 2.05) is 28.8 Å². The van der Waals surface area contributed by atoms with Gasteiger partial charge in [-0.1, -0.05) is 6.07 Å². The number of benzene rings is 2. The van der Waals surface area contributed by atoms with Gasteiger partial charge in [0, 0.05) is 23.0 Å². The molecular weight excluding hydrogens is 360 g/mol. The second kappa shape index (κ2) is 6.13.